The van der Waals surface area contributed by atoms with Crippen molar-refractivity contribution in [1.82, 2.24) is 0 Å². The van der Waals surface area contributed by atoms with Crippen LogP contribution in [0.25, 0.3) is 0 Å². The van der Waals surface area contributed by atoms with Crippen LogP contribution in [0, 0.1) is 15.9 Å². The van der Waals surface area contributed by atoms with E-state index in [-0.39, 0.29) is 11.8 Å². The molecule has 6 nitrogen and oxygen atoms in total. The zero-order chi connectivity index (χ0) is 13.0. The van der Waals surface area contributed by atoms with Crippen molar-refractivity contribution in [2.24, 2.45) is 0 Å². The molecule has 1 unspecified atom stereocenters. The van der Waals surface area contributed by atoms with Crippen LogP contribution in [0.4, 0.5) is 15.8 Å². The number of nitrogens with zero attached hydrogens (tertiary/aromatic N) is 1. The van der Waals surface area contributed by atoms with E-state index in [1.807, 2.05) is 0 Å². The molecule has 7 heteroatoms. The van der Waals surface area contributed by atoms with Gasteiger partial charge in [0.05, 0.1) is 36.9 Å². The van der Waals surface area contributed by atoms with Crippen LogP contribution in [0.2, 0.25) is 0 Å². The molecule has 18 heavy (non-hydrogen) atoms. The minimum atomic E-state index is -0.646. The molecule has 1 atom stereocenters. The number of rotatable bonds is 4. The van der Waals surface area contributed by atoms with Gasteiger partial charge in [0.2, 0.25) is 0 Å². The maximum absolute atomic E-state index is 13.2. The van der Waals surface area contributed by atoms with E-state index < -0.39 is 10.7 Å². The molecular formula is C11H13FN2O4. The van der Waals surface area contributed by atoms with Crippen molar-refractivity contribution in [3.8, 4) is 0 Å². The number of halogens is 1. The molecule has 1 aromatic rings. The zero-order valence-corrected chi connectivity index (χ0v) is 9.60. The van der Waals surface area contributed by atoms with Gasteiger partial charge in [-0.1, -0.05) is 0 Å². The molecule has 0 aliphatic carbocycles. The Balaban J connectivity index is 1.97. The lowest BCUT2D eigenvalue weighted by molar-refractivity contribution is -0.385. The fraction of sp³-hybridized carbons (Fsp3) is 0.455. The van der Waals surface area contributed by atoms with E-state index in [0.717, 1.165) is 6.07 Å². The first-order valence-electron chi connectivity index (χ1n) is 5.53. The molecule has 1 saturated heterocycles. The van der Waals surface area contributed by atoms with E-state index in [4.69, 9.17) is 9.47 Å². The topological polar surface area (TPSA) is 73.6 Å². The molecule has 0 amide bonds. The molecule has 1 fully saturated rings. The molecule has 1 aromatic carbocycles. The van der Waals surface area contributed by atoms with E-state index in [1.54, 1.807) is 0 Å². The first-order chi connectivity index (χ1) is 8.65. The van der Waals surface area contributed by atoms with Crippen LogP contribution in [-0.4, -0.2) is 37.4 Å². The van der Waals surface area contributed by atoms with E-state index in [0.29, 0.717) is 32.1 Å². The standard InChI is InChI=1S/C11H13FN2O4/c12-8-3-9(5-10(4-8)14(15)16)13-6-11-7-17-1-2-18-11/h3-5,11,13H,1-2,6-7H2. The number of benzene rings is 1. The summed E-state index contributed by atoms with van der Waals surface area (Å²) in [7, 11) is 0. The van der Waals surface area contributed by atoms with Crippen molar-refractivity contribution >= 4 is 11.4 Å². The molecule has 0 radical (unpaired) electrons. The van der Waals surface area contributed by atoms with Crippen LogP contribution < -0.4 is 5.32 Å². The summed E-state index contributed by atoms with van der Waals surface area (Å²) in [5, 5.41) is 13.5. The fourth-order valence-corrected chi connectivity index (χ4v) is 1.67. The van der Waals surface area contributed by atoms with Crippen LogP contribution in [0.5, 0.6) is 0 Å². The van der Waals surface area contributed by atoms with Gasteiger partial charge in [-0.05, 0) is 6.07 Å². The Hall–Kier alpha value is -1.73. The van der Waals surface area contributed by atoms with E-state index in [2.05, 4.69) is 5.32 Å². The highest BCUT2D eigenvalue weighted by molar-refractivity contribution is 5.51. The Morgan fingerprint density at radius 1 is 1.44 bits per heavy atom. The van der Waals surface area contributed by atoms with Gasteiger partial charge < -0.3 is 14.8 Å². The first-order valence-corrected chi connectivity index (χ1v) is 5.53. The third-order valence-electron chi connectivity index (χ3n) is 2.51. The molecule has 1 N–H and O–H groups in total. The quantitative estimate of drug-likeness (QED) is 0.653. The van der Waals surface area contributed by atoms with Gasteiger partial charge in [-0.3, -0.25) is 10.1 Å². The second kappa shape index (κ2) is 5.74. The monoisotopic (exact) mass is 256 g/mol. The number of ether oxygens (including phenoxy) is 2. The smallest absolute Gasteiger partial charge is 0.274 e. The number of nitrogens with one attached hydrogen (secondary N) is 1. The van der Waals surface area contributed by atoms with Gasteiger partial charge in [0.25, 0.3) is 5.69 Å². The Morgan fingerprint density at radius 3 is 2.94 bits per heavy atom. The molecular weight excluding hydrogens is 243 g/mol. The van der Waals surface area contributed by atoms with E-state index >= 15 is 0 Å². The summed E-state index contributed by atoms with van der Waals surface area (Å²) < 4.78 is 23.8. The van der Waals surface area contributed by atoms with Gasteiger partial charge in [-0.25, -0.2) is 4.39 Å². The largest absolute Gasteiger partial charge is 0.382 e. The minimum absolute atomic E-state index is 0.124. The maximum atomic E-state index is 13.2. The third kappa shape index (κ3) is 3.38. The predicted octanol–water partition coefficient (Wildman–Crippen LogP) is 1.56. The highest BCUT2D eigenvalue weighted by atomic mass is 19.1. The van der Waals surface area contributed by atoms with Gasteiger partial charge in [0.15, 0.2) is 0 Å². The van der Waals surface area contributed by atoms with Crippen molar-refractivity contribution in [2.45, 2.75) is 6.10 Å². The van der Waals surface area contributed by atoms with Crippen LogP contribution in [0.1, 0.15) is 0 Å². The van der Waals surface area contributed by atoms with Crippen LogP contribution >= 0.6 is 0 Å². The Labute approximate surface area is 103 Å². The SMILES string of the molecule is O=[N+]([O-])c1cc(F)cc(NCC2COCCO2)c1. The summed E-state index contributed by atoms with van der Waals surface area (Å²) in [5.41, 5.74) is 0.0779. The maximum Gasteiger partial charge on any atom is 0.274 e. The van der Waals surface area contributed by atoms with Gasteiger partial charge in [0, 0.05) is 18.3 Å². The Kier molecular flexibility index (Phi) is 4.06. The molecule has 0 aromatic heterocycles. The molecule has 98 valence electrons. The Bertz CT molecular complexity index is 435. The van der Waals surface area contributed by atoms with Crippen molar-refractivity contribution in [2.75, 3.05) is 31.7 Å². The third-order valence-corrected chi connectivity index (χ3v) is 2.51. The molecule has 1 aliphatic heterocycles. The lowest BCUT2D eigenvalue weighted by Gasteiger charge is -2.23. The molecule has 1 aliphatic rings. The van der Waals surface area contributed by atoms with Crippen molar-refractivity contribution in [1.29, 1.82) is 0 Å². The normalized spacial score (nSPS) is 19.5. The lowest BCUT2D eigenvalue weighted by Crippen LogP contribution is -2.34. The second-order valence-electron chi connectivity index (χ2n) is 3.90. The molecule has 0 spiro atoms. The summed E-state index contributed by atoms with van der Waals surface area (Å²) in [6.07, 6.45) is -0.124. The van der Waals surface area contributed by atoms with E-state index in [1.165, 1.54) is 12.1 Å². The molecule has 1 heterocycles. The first kappa shape index (κ1) is 12.7. The van der Waals surface area contributed by atoms with Gasteiger partial charge in [0.1, 0.15) is 5.82 Å². The van der Waals surface area contributed by atoms with Gasteiger partial charge in [-0.2, -0.15) is 0 Å². The summed E-state index contributed by atoms with van der Waals surface area (Å²) in [6, 6.07) is 3.37. The van der Waals surface area contributed by atoms with Crippen molar-refractivity contribution in [3.05, 3.63) is 34.1 Å². The highest BCUT2D eigenvalue weighted by Gasteiger charge is 2.15. The van der Waals surface area contributed by atoms with Gasteiger partial charge >= 0.3 is 0 Å². The molecule has 0 bridgehead atoms. The average Bonchev–Trinajstić information content (AvgIpc) is 2.37. The van der Waals surface area contributed by atoms with Crippen molar-refractivity contribution < 1.29 is 18.8 Å². The zero-order valence-electron chi connectivity index (χ0n) is 9.60. The molecule has 0 saturated carbocycles. The fourth-order valence-electron chi connectivity index (χ4n) is 1.67. The summed E-state index contributed by atoms with van der Waals surface area (Å²) >= 11 is 0. The Morgan fingerprint density at radius 2 is 2.28 bits per heavy atom. The van der Waals surface area contributed by atoms with Gasteiger partial charge in [-0.15, -0.1) is 0 Å². The number of anilines is 1. The number of nitro groups is 1. The van der Waals surface area contributed by atoms with Crippen LogP contribution in [0.15, 0.2) is 18.2 Å². The predicted molar refractivity (Wildman–Crippen MR) is 62.1 cm³/mol. The number of hydrogen-bond donors (Lipinski definition) is 1. The second-order valence-corrected chi connectivity index (χ2v) is 3.90. The number of hydrogen-bond acceptors (Lipinski definition) is 5. The minimum Gasteiger partial charge on any atom is -0.382 e. The molecule has 2 rings (SSSR count). The average molecular weight is 256 g/mol. The highest BCUT2D eigenvalue weighted by Crippen LogP contribution is 2.20. The lowest BCUT2D eigenvalue weighted by atomic mass is 10.2. The summed E-state index contributed by atoms with van der Waals surface area (Å²) in [4.78, 5) is 9.95. The van der Waals surface area contributed by atoms with E-state index in [9.17, 15) is 14.5 Å². The number of non-ortho nitro benzene ring substituents is 1. The summed E-state index contributed by atoms with van der Waals surface area (Å²) in [6.45, 7) is 1.97. The number of nitro benzene ring substituents is 1. The van der Waals surface area contributed by atoms with Crippen LogP contribution in [0.3, 0.4) is 0 Å². The summed E-state index contributed by atoms with van der Waals surface area (Å²) in [5.74, 6) is -0.646. The van der Waals surface area contributed by atoms with Crippen LogP contribution in [-0.2, 0) is 9.47 Å². The van der Waals surface area contributed by atoms with Crippen molar-refractivity contribution in [3.63, 3.8) is 0 Å².